The van der Waals surface area contributed by atoms with E-state index in [4.69, 9.17) is 4.74 Å². The SMILES string of the molecule is CCCCOc1cccc(C2/C(=C(\O)c3ccc(C)cc3)C(=O)C(=O)N2CCN(CC)CC)c1. The molecule has 0 saturated carbocycles. The first-order chi connectivity index (χ1) is 16.4. The van der Waals surface area contributed by atoms with Gasteiger partial charge < -0.3 is 19.6 Å². The lowest BCUT2D eigenvalue weighted by atomic mass is 9.95. The normalized spacial score (nSPS) is 17.6. The van der Waals surface area contributed by atoms with Crippen molar-refractivity contribution in [3.8, 4) is 5.75 Å². The number of Topliss-reactive ketones (excluding diaryl/α,β-unsaturated/α-hetero) is 1. The van der Waals surface area contributed by atoms with E-state index >= 15 is 0 Å². The molecule has 0 spiro atoms. The standard InChI is InChI=1S/C28H36N2O4/c1-5-8-18-34-23-11-9-10-22(19-23)25-24(26(31)21-14-12-20(4)13-15-21)27(32)28(33)30(25)17-16-29(6-2)7-3/h9-15,19,25,31H,5-8,16-18H2,1-4H3/b26-24+. The van der Waals surface area contributed by atoms with Crippen LogP contribution in [0.1, 0.15) is 56.3 Å². The number of aliphatic hydroxyl groups excluding tert-OH is 1. The number of ketones is 1. The van der Waals surface area contributed by atoms with E-state index in [1.807, 2.05) is 43.3 Å². The van der Waals surface area contributed by atoms with E-state index < -0.39 is 17.7 Å². The zero-order valence-corrected chi connectivity index (χ0v) is 20.7. The van der Waals surface area contributed by atoms with Crippen molar-refractivity contribution in [2.45, 2.75) is 46.6 Å². The molecule has 6 nitrogen and oxygen atoms in total. The van der Waals surface area contributed by atoms with Gasteiger partial charge in [0, 0.05) is 18.7 Å². The number of hydrogen-bond donors (Lipinski definition) is 1. The number of carbonyl (C=O) groups is 2. The minimum atomic E-state index is -0.674. The van der Waals surface area contributed by atoms with Crippen molar-refractivity contribution in [1.82, 2.24) is 9.80 Å². The van der Waals surface area contributed by atoms with E-state index in [2.05, 4.69) is 25.7 Å². The van der Waals surface area contributed by atoms with Crippen LogP contribution in [0.15, 0.2) is 54.1 Å². The Kier molecular flexibility index (Phi) is 8.88. The maximum absolute atomic E-state index is 13.2. The van der Waals surface area contributed by atoms with Crippen molar-refractivity contribution in [2.24, 2.45) is 0 Å². The lowest BCUT2D eigenvalue weighted by Crippen LogP contribution is -2.38. The smallest absolute Gasteiger partial charge is 0.295 e. The van der Waals surface area contributed by atoms with Gasteiger partial charge in [-0.2, -0.15) is 0 Å². The summed E-state index contributed by atoms with van der Waals surface area (Å²) in [6.45, 7) is 11.6. The average Bonchev–Trinajstić information content (AvgIpc) is 3.10. The number of unbranched alkanes of at least 4 members (excludes halogenated alkanes) is 1. The quantitative estimate of drug-likeness (QED) is 0.221. The van der Waals surface area contributed by atoms with Gasteiger partial charge in [-0.3, -0.25) is 9.59 Å². The van der Waals surface area contributed by atoms with Crippen molar-refractivity contribution in [1.29, 1.82) is 0 Å². The molecular formula is C28H36N2O4. The van der Waals surface area contributed by atoms with Crippen LogP contribution in [0.4, 0.5) is 0 Å². The second-order valence-corrected chi connectivity index (χ2v) is 8.66. The molecule has 6 heteroatoms. The molecule has 1 unspecified atom stereocenters. The minimum Gasteiger partial charge on any atom is -0.507 e. The van der Waals surface area contributed by atoms with Crippen LogP contribution in [0.2, 0.25) is 0 Å². The molecule has 0 bridgehead atoms. The fourth-order valence-corrected chi connectivity index (χ4v) is 4.22. The van der Waals surface area contributed by atoms with Crippen molar-refractivity contribution in [3.05, 3.63) is 70.8 Å². The Hall–Kier alpha value is -3.12. The molecule has 3 rings (SSSR count). The molecule has 1 N–H and O–H groups in total. The van der Waals surface area contributed by atoms with Crippen molar-refractivity contribution in [3.63, 3.8) is 0 Å². The maximum atomic E-state index is 13.2. The van der Waals surface area contributed by atoms with Crippen LogP contribution in [0.3, 0.4) is 0 Å². The first-order valence-electron chi connectivity index (χ1n) is 12.2. The van der Waals surface area contributed by atoms with Gasteiger partial charge in [-0.1, -0.05) is 69.2 Å². The Morgan fingerprint density at radius 2 is 1.76 bits per heavy atom. The van der Waals surface area contributed by atoms with Gasteiger partial charge in [0.15, 0.2) is 0 Å². The molecule has 1 fully saturated rings. The molecule has 1 atom stereocenters. The van der Waals surface area contributed by atoms with Crippen LogP contribution in [0.5, 0.6) is 5.75 Å². The number of ether oxygens (including phenoxy) is 1. The molecule has 34 heavy (non-hydrogen) atoms. The minimum absolute atomic E-state index is 0.124. The molecule has 0 radical (unpaired) electrons. The summed E-state index contributed by atoms with van der Waals surface area (Å²) in [6, 6.07) is 14.1. The summed E-state index contributed by atoms with van der Waals surface area (Å²) in [5.41, 5.74) is 2.44. The summed E-state index contributed by atoms with van der Waals surface area (Å²) in [5, 5.41) is 11.2. The molecule has 0 aromatic heterocycles. The predicted molar refractivity (Wildman–Crippen MR) is 135 cm³/mol. The molecule has 1 saturated heterocycles. The average molecular weight is 465 g/mol. The van der Waals surface area contributed by atoms with Crippen LogP contribution in [-0.2, 0) is 9.59 Å². The largest absolute Gasteiger partial charge is 0.507 e. The number of amides is 1. The number of likely N-dealkylation sites (tertiary alicyclic amines) is 1. The summed E-state index contributed by atoms with van der Waals surface area (Å²) < 4.78 is 5.89. The van der Waals surface area contributed by atoms with Crippen molar-refractivity contribution >= 4 is 17.4 Å². The topological polar surface area (TPSA) is 70.1 Å². The number of nitrogens with zero attached hydrogens (tertiary/aromatic N) is 2. The summed E-state index contributed by atoms with van der Waals surface area (Å²) >= 11 is 0. The molecule has 1 aliphatic rings. The van der Waals surface area contributed by atoms with E-state index in [0.29, 0.717) is 31.0 Å². The van der Waals surface area contributed by atoms with Gasteiger partial charge in [0.2, 0.25) is 0 Å². The third-order valence-electron chi connectivity index (χ3n) is 6.36. The molecule has 2 aromatic carbocycles. The van der Waals surface area contributed by atoms with Crippen LogP contribution < -0.4 is 4.74 Å². The number of aryl methyl sites for hydroxylation is 1. The van der Waals surface area contributed by atoms with Gasteiger partial charge >= 0.3 is 0 Å². The number of rotatable bonds is 11. The van der Waals surface area contributed by atoms with Crippen molar-refractivity contribution < 1.29 is 19.4 Å². The Morgan fingerprint density at radius 3 is 2.41 bits per heavy atom. The number of aliphatic hydroxyl groups is 1. The van der Waals surface area contributed by atoms with Gasteiger partial charge in [0.1, 0.15) is 11.5 Å². The first-order valence-corrected chi connectivity index (χ1v) is 12.2. The van der Waals surface area contributed by atoms with E-state index in [9.17, 15) is 14.7 Å². The molecule has 182 valence electrons. The maximum Gasteiger partial charge on any atom is 0.295 e. The number of carbonyl (C=O) groups excluding carboxylic acids is 2. The highest BCUT2D eigenvalue weighted by molar-refractivity contribution is 6.46. The molecule has 2 aromatic rings. The fourth-order valence-electron chi connectivity index (χ4n) is 4.22. The van der Waals surface area contributed by atoms with E-state index in [1.165, 1.54) is 0 Å². The zero-order valence-electron chi connectivity index (χ0n) is 20.7. The Labute approximate surface area is 202 Å². The first kappa shape index (κ1) is 25.5. The van der Waals surface area contributed by atoms with Gasteiger partial charge in [0.25, 0.3) is 11.7 Å². The monoisotopic (exact) mass is 464 g/mol. The van der Waals surface area contributed by atoms with E-state index in [0.717, 1.165) is 37.1 Å². The zero-order chi connectivity index (χ0) is 24.7. The Bertz CT molecular complexity index is 1020. The summed E-state index contributed by atoms with van der Waals surface area (Å²) in [5.74, 6) is -0.690. The van der Waals surface area contributed by atoms with Crippen LogP contribution >= 0.6 is 0 Å². The highest BCUT2D eigenvalue weighted by atomic mass is 16.5. The fraction of sp³-hybridized carbons (Fsp3) is 0.429. The Morgan fingerprint density at radius 1 is 1.06 bits per heavy atom. The number of likely N-dealkylation sites (N-methyl/N-ethyl adjacent to an activating group) is 1. The second kappa shape index (κ2) is 11.8. The molecule has 1 aliphatic heterocycles. The van der Waals surface area contributed by atoms with E-state index in [1.54, 1.807) is 17.0 Å². The highest BCUT2D eigenvalue weighted by Gasteiger charge is 2.46. The second-order valence-electron chi connectivity index (χ2n) is 8.66. The van der Waals surface area contributed by atoms with Crippen LogP contribution in [0, 0.1) is 6.92 Å². The summed E-state index contributed by atoms with van der Waals surface area (Å²) in [7, 11) is 0. The third-order valence-corrected chi connectivity index (χ3v) is 6.36. The lowest BCUT2D eigenvalue weighted by Gasteiger charge is -2.28. The number of benzene rings is 2. The molecule has 1 amide bonds. The van der Waals surface area contributed by atoms with Gasteiger partial charge in [0.05, 0.1) is 18.2 Å². The van der Waals surface area contributed by atoms with E-state index in [-0.39, 0.29) is 11.3 Å². The van der Waals surface area contributed by atoms with Gasteiger partial charge in [-0.25, -0.2) is 0 Å². The number of hydrogen-bond acceptors (Lipinski definition) is 5. The summed E-state index contributed by atoms with van der Waals surface area (Å²) in [6.07, 6.45) is 1.97. The third kappa shape index (κ3) is 5.68. The van der Waals surface area contributed by atoms with Crippen molar-refractivity contribution in [2.75, 3.05) is 32.8 Å². The van der Waals surface area contributed by atoms with Gasteiger partial charge in [-0.05, 0) is 44.1 Å². The lowest BCUT2D eigenvalue weighted by molar-refractivity contribution is -0.140. The summed E-state index contributed by atoms with van der Waals surface area (Å²) in [4.78, 5) is 30.2. The van der Waals surface area contributed by atoms with Crippen LogP contribution in [0.25, 0.3) is 5.76 Å². The predicted octanol–water partition coefficient (Wildman–Crippen LogP) is 4.94. The van der Waals surface area contributed by atoms with Gasteiger partial charge in [-0.15, -0.1) is 0 Å². The Balaban J connectivity index is 2.06. The molecule has 0 aliphatic carbocycles. The van der Waals surface area contributed by atoms with Crippen LogP contribution in [-0.4, -0.2) is 59.4 Å². The molecular weight excluding hydrogens is 428 g/mol. The highest BCUT2D eigenvalue weighted by Crippen LogP contribution is 2.40. The molecule has 1 heterocycles.